The average molecular weight is 432 g/mol. The minimum absolute atomic E-state index is 0.172. The molecule has 1 saturated carbocycles. The number of nitrogens with zero attached hydrogens (tertiary/aromatic N) is 3. The number of hydrogen-bond acceptors (Lipinski definition) is 3. The molecule has 0 saturated heterocycles. The van der Waals surface area contributed by atoms with E-state index in [9.17, 15) is 9.59 Å². The number of hydrogen-bond donors (Lipinski definition) is 0. The largest absolute Gasteiger partial charge is 0.496 e. The number of allylic oxidation sites excluding steroid dienone is 2. The van der Waals surface area contributed by atoms with Crippen LogP contribution in [0.2, 0.25) is 0 Å². The Labute approximate surface area is 187 Å². The van der Waals surface area contributed by atoms with Crippen molar-refractivity contribution >= 4 is 0 Å². The zero-order chi connectivity index (χ0) is 22.4. The van der Waals surface area contributed by atoms with Gasteiger partial charge >= 0.3 is 11.4 Å². The van der Waals surface area contributed by atoms with Crippen molar-refractivity contribution in [1.29, 1.82) is 0 Å². The summed E-state index contributed by atoms with van der Waals surface area (Å²) in [6.07, 6.45) is 0.926. The van der Waals surface area contributed by atoms with Gasteiger partial charge in [0.25, 0.3) is 0 Å². The van der Waals surface area contributed by atoms with Crippen LogP contribution in [-0.4, -0.2) is 20.5 Å². The SMILES string of the molecule is CCOC1=C2C(c3ccccc3)CC(C(C)C)C2n2c(=O)n(-c3ccccc3)c(=O)n2C1. The Hall–Kier alpha value is -3.28. The van der Waals surface area contributed by atoms with Crippen molar-refractivity contribution in [2.24, 2.45) is 11.8 Å². The normalized spacial score (nSPS) is 22.2. The standard InChI is InChI=1S/C26H29N3O3/c1-4-32-22-16-27-25(30)28(19-13-9-6-10-14-19)26(31)29(27)24-20(17(2)3)15-21(23(22)24)18-11-7-5-8-12-18/h5-14,17,20-21,24H,4,15-16H2,1-3H3. The van der Waals surface area contributed by atoms with Gasteiger partial charge in [0, 0.05) is 11.5 Å². The van der Waals surface area contributed by atoms with Crippen LogP contribution in [0.4, 0.5) is 0 Å². The molecular weight excluding hydrogens is 402 g/mol. The van der Waals surface area contributed by atoms with Crippen LogP contribution in [0.3, 0.4) is 0 Å². The number of para-hydroxylation sites is 1. The third kappa shape index (κ3) is 3.08. The Bertz CT molecular complexity index is 1270. The summed E-state index contributed by atoms with van der Waals surface area (Å²) in [4.78, 5) is 27.1. The molecule has 1 aliphatic carbocycles. The predicted octanol–water partition coefficient (Wildman–Crippen LogP) is 4.11. The first-order valence-corrected chi connectivity index (χ1v) is 11.4. The second-order valence-corrected chi connectivity index (χ2v) is 9.00. The summed E-state index contributed by atoms with van der Waals surface area (Å²) in [7, 11) is 0. The lowest BCUT2D eigenvalue weighted by atomic mass is 9.89. The summed E-state index contributed by atoms with van der Waals surface area (Å²) in [6, 6.07) is 19.4. The smallest absolute Gasteiger partial charge is 0.352 e. The number of aromatic nitrogens is 3. The highest BCUT2D eigenvalue weighted by atomic mass is 16.5. The molecule has 6 heteroatoms. The average Bonchev–Trinajstić information content (AvgIpc) is 3.32. The van der Waals surface area contributed by atoms with Gasteiger partial charge in [-0.15, -0.1) is 0 Å². The van der Waals surface area contributed by atoms with E-state index in [1.165, 1.54) is 10.1 Å². The molecule has 0 amide bonds. The molecule has 2 aliphatic rings. The molecule has 0 N–H and O–H groups in total. The third-order valence-electron chi connectivity index (χ3n) is 6.94. The first-order valence-electron chi connectivity index (χ1n) is 11.4. The summed E-state index contributed by atoms with van der Waals surface area (Å²) in [5.41, 5.74) is 2.39. The summed E-state index contributed by atoms with van der Waals surface area (Å²) in [6.45, 7) is 7.17. The molecule has 3 atom stereocenters. The van der Waals surface area contributed by atoms with Crippen molar-refractivity contribution in [2.75, 3.05) is 6.61 Å². The van der Waals surface area contributed by atoms with Gasteiger partial charge in [0.15, 0.2) is 0 Å². The van der Waals surface area contributed by atoms with E-state index < -0.39 is 0 Å². The van der Waals surface area contributed by atoms with Crippen molar-refractivity contribution < 1.29 is 4.74 Å². The first kappa shape index (κ1) is 20.6. The molecule has 6 nitrogen and oxygen atoms in total. The van der Waals surface area contributed by atoms with Gasteiger partial charge in [-0.3, -0.25) is 0 Å². The van der Waals surface area contributed by atoms with E-state index in [-0.39, 0.29) is 35.8 Å². The van der Waals surface area contributed by atoms with Crippen LogP contribution in [0.15, 0.2) is 81.6 Å². The summed E-state index contributed by atoms with van der Waals surface area (Å²) >= 11 is 0. The van der Waals surface area contributed by atoms with Crippen molar-refractivity contribution in [3.63, 3.8) is 0 Å². The van der Waals surface area contributed by atoms with E-state index in [1.807, 2.05) is 31.2 Å². The van der Waals surface area contributed by atoms with E-state index >= 15 is 0 Å². The fraction of sp³-hybridized carbons (Fsp3) is 0.385. The molecule has 166 valence electrons. The molecule has 0 spiro atoms. The van der Waals surface area contributed by atoms with E-state index in [4.69, 9.17) is 4.74 Å². The number of rotatable bonds is 5. The molecule has 1 aromatic heterocycles. The van der Waals surface area contributed by atoms with Crippen LogP contribution in [0, 0.1) is 11.8 Å². The van der Waals surface area contributed by atoms with Crippen LogP contribution in [0.5, 0.6) is 0 Å². The zero-order valence-corrected chi connectivity index (χ0v) is 18.8. The monoisotopic (exact) mass is 431 g/mol. The maximum atomic E-state index is 13.7. The molecule has 3 unspecified atom stereocenters. The third-order valence-corrected chi connectivity index (χ3v) is 6.94. The minimum Gasteiger partial charge on any atom is -0.496 e. The highest BCUT2D eigenvalue weighted by Crippen LogP contribution is 2.54. The lowest BCUT2D eigenvalue weighted by molar-refractivity contribution is 0.169. The Kier molecular flexibility index (Phi) is 5.16. The van der Waals surface area contributed by atoms with Crippen LogP contribution in [0.25, 0.3) is 5.69 Å². The Morgan fingerprint density at radius 1 is 0.969 bits per heavy atom. The molecule has 2 aromatic carbocycles. The van der Waals surface area contributed by atoms with Gasteiger partial charge in [0.1, 0.15) is 12.3 Å². The summed E-state index contributed by atoms with van der Waals surface area (Å²) in [5, 5.41) is 0. The lowest BCUT2D eigenvalue weighted by Gasteiger charge is -2.32. The van der Waals surface area contributed by atoms with Crippen LogP contribution in [0.1, 0.15) is 44.7 Å². The van der Waals surface area contributed by atoms with E-state index in [1.54, 1.807) is 21.5 Å². The van der Waals surface area contributed by atoms with E-state index in [2.05, 4.69) is 38.1 Å². The van der Waals surface area contributed by atoms with Gasteiger partial charge in [0.05, 0.1) is 18.3 Å². The highest BCUT2D eigenvalue weighted by molar-refractivity contribution is 5.39. The molecule has 0 radical (unpaired) electrons. The number of ether oxygens (including phenoxy) is 1. The Morgan fingerprint density at radius 2 is 1.62 bits per heavy atom. The van der Waals surface area contributed by atoms with Crippen LogP contribution < -0.4 is 11.4 Å². The molecule has 0 bridgehead atoms. The van der Waals surface area contributed by atoms with Gasteiger partial charge in [-0.1, -0.05) is 62.4 Å². The van der Waals surface area contributed by atoms with E-state index in [0.29, 0.717) is 18.2 Å². The molecule has 2 heterocycles. The maximum absolute atomic E-state index is 13.7. The van der Waals surface area contributed by atoms with Crippen LogP contribution >= 0.6 is 0 Å². The Morgan fingerprint density at radius 3 is 2.25 bits per heavy atom. The summed E-state index contributed by atoms with van der Waals surface area (Å²) in [5.74, 6) is 1.58. The molecule has 3 aromatic rings. The highest BCUT2D eigenvalue weighted by Gasteiger charge is 2.48. The van der Waals surface area contributed by atoms with Crippen molar-refractivity contribution in [2.45, 2.75) is 45.7 Å². The lowest BCUT2D eigenvalue weighted by Crippen LogP contribution is -2.39. The molecule has 32 heavy (non-hydrogen) atoms. The van der Waals surface area contributed by atoms with Gasteiger partial charge in [-0.25, -0.2) is 23.5 Å². The predicted molar refractivity (Wildman–Crippen MR) is 124 cm³/mol. The van der Waals surface area contributed by atoms with Gasteiger partial charge in [-0.05, 0) is 42.9 Å². The fourth-order valence-electron chi connectivity index (χ4n) is 5.51. The quantitative estimate of drug-likeness (QED) is 0.611. The second kappa shape index (κ2) is 8.01. The minimum atomic E-state index is -0.317. The van der Waals surface area contributed by atoms with Gasteiger partial charge in [-0.2, -0.15) is 0 Å². The number of benzene rings is 2. The summed E-state index contributed by atoms with van der Waals surface area (Å²) < 4.78 is 10.7. The number of fused-ring (bicyclic) bond motifs is 3. The maximum Gasteiger partial charge on any atom is 0.352 e. The van der Waals surface area contributed by atoms with Crippen LogP contribution in [-0.2, 0) is 11.3 Å². The molecule has 1 fully saturated rings. The van der Waals surface area contributed by atoms with Gasteiger partial charge < -0.3 is 4.74 Å². The first-order chi connectivity index (χ1) is 15.5. The van der Waals surface area contributed by atoms with Crippen molar-refractivity contribution in [3.8, 4) is 5.69 Å². The second-order valence-electron chi connectivity index (χ2n) is 9.00. The zero-order valence-electron chi connectivity index (χ0n) is 18.8. The fourth-order valence-corrected chi connectivity index (χ4v) is 5.51. The van der Waals surface area contributed by atoms with E-state index in [0.717, 1.165) is 17.8 Å². The molecule has 5 rings (SSSR count). The van der Waals surface area contributed by atoms with Gasteiger partial charge in [0.2, 0.25) is 0 Å². The molecular formula is C26H29N3O3. The van der Waals surface area contributed by atoms with Crippen molar-refractivity contribution in [1.82, 2.24) is 13.9 Å². The van der Waals surface area contributed by atoms with Crippen molar-refractivity contribution in [3.05, 3.63) is 98.5 Å². The topological polar surface area (TPSA) is 58.2 Å². The molecule has 1 aliphatic heterocycles. The Balaban J connectivity index is 1.75.